The second-order valence-electron chi connectivity index (χ2n) is 7.48. The number of carbonyl (C=O) groups is 3. The zero-order valence-electron chi connectivity index (χ0n) is 17.7. The quantitative estimate of drug-likeness (QED) is 0.630. The number of anilines is 1. The number of hydrogen-bond acceptors (Lipinski definition) is 4. The summed E-state index contributed by atoms with van der Waals surface area (Å²) in [7, 11) is 0. The van der Waals surface area contributed by atoms with Crippen molar-refractivity contribution < 1.29 is 19.1 Å². The summed E-state index contributed by atoms with van der Waals surface area (Å²) in [5, 5.41) is 6.26. The number of benzene rings is 2. The highest BCUT2D eigenvalue weighted by molar-refractivity contribution is 6.42. The van der Waals surface area contributed by atoms with Crippen molar-refractivity contribution in [2.24, 2.45) is 5.92 Å². The van der Waals surface area contributed by atoms with E-state index in [2.05, 4.69) is 10.6 Å². The molecule has 1 aliphatic rings. The van der Waals surface area contributed by atoms with E-state index in [1.165, 1.54) is 0 Å². The molecule has 32 heavy (non-hydrogen) atoms. The van der Waals surface area contributed by atoms with Crippen molar-refractivity contribution in [3.63, 3.8) is 0 Å². The number of carbonyl (C=O) groups excluding carboxylic acids is 3. The first-order valence-electron chi connectivity index (χ1n) is 10.4. The zero-order valence-corrected chi connectivity index (χ0v) is 19.2. The molecule has 1 fully saturated rings. The Morgan fingerprint density at radius 1 is 1.09 bits per heavy atom. The van der Waals surface area contributed by atoms with Crippen LogP contribution in [0.4, 0.5) is 5.69 Å². The highest BCUT2D eigenvalue weighted by atomic mass is 35.5. The van der Waals surface area contributed by atoms with Gasteiger partial charge in [-0.05, 0) is 62.2 Å². The molecule has 0 aromatic heterocycles. The van der Waals surface area contributed by atoms with Crippen LogP contribution in [0.3, 0.4) is 0 Å². The van der Waals surface area contributed by atoms with E-state index in [4.69, 9.17) is 27.9 Å². The van der Waals surface area contributed by atoms with Gasteiger partial charge in [0.05, 0.1) is 16.0 Å². The van der Waals surface area contributed by atoms with Gasteiger partial charge in [0, 0.05) is 30.9 Å². The molecule has 3 amide bonds. The number of hydrogen-bond donors (Lipinski definition) is 2. The van der Waals surface area contributed by atoms with Gasteiger partial charge in [-0.1, -0.05) is 23.2 Å². The smallest absolute Gasteiger partial charge is 0.257 e. The summed E-state index contributed by atoms with van der Waals surface area (Å²) in [4.78, 5) is 38.7. The van der Waals surface area contributed by atoms with Gasteiger partial charge in [-0.3, -0.25) is 14.4 Å². The van der Waals surface area contributed by atoms with Crippen LogP contribution >= 0.6 is 23.2 Å². The van der Waals surface area contributed by atoms with Crippen LogP contribution in [-0.2, 0) is 9.59 Å². The molecule has 1 saturated heterocycles. The number of halogens is 2. The maximum atomic E-state index is 12.8. The van der Waals surface area contributed by atoms with Crippen LogP contribution in [0, 0.1) is 5.92 Å². The van der Waals surface area contributed by atoms with Crippen LogP contribution in [-0.4, -0.2) is 48.9 Å². The molecule has 0 spiro atoms. The Kier molecular flexibility index (Phi) is 8.36. The van der Waals surface area contributed by atoms with Crippen molar-refractivity contribution in [3.8, 4) is 5.75 Å². The average Bonchev–Trinajstić information content (AvgIpc) is 2.80. The first-order valence-corrected chi connectivity index (χ1v) is 11.2. The molecule has 9 heteroatoms. The summed E-state index contributed by atoms with van der Waals surface area (Å²) >= 11 is 12.0. The third-order valence-corrected chi connectivity index (χ3v) is 5.85. The summed E-state index contributed by atoms with van der Waals surface area (Å²) in [5.41, 5.74) is 1.07. The van der Waals surface area contributed by atoms with Crippen LogP contribution in [0.1, 0.15) is 30.1 Å². The monoisotopic (exact) mass is 477 g/mol. The van der Waals surface area contributed by atoms with Gasteiger partial charge in [-0.25, -0.2) is 0 Å². The molecule has 2 aromatic rings. The largest absolute Gasteiger partial charge is 0.484 e. The molecule has 0 saturated carbocycles. The van der Waals surface area contributed by atoms with Crippen molar-refractivity contribution in [3.05, 3.63) is 58.1 Å². The molecule has 2 N–H and O–H groups in total. The number of amides is 3. The third-order valence-electron chi connectivity index (χ3n) is 5.11. The standard InChI is InChI=1S/C23H25Cl2N3O4/c1-2-26-21(29)14-32-18-8-6-17(7-9-18)27-22(30)16-4-3-11-28(13-16)23(31)15-5-10-19(24)20(25)12-15/h5-10,12,16H,2-4,11,13-14H2,1H3,(H,26,29)(H,27,30). The summed E-state index contributed by atoms with van der Waals surface area (Å²) in [6, 6.07) is 11.6. The van der Waals surface area contributed by atoms with Crippen LogP contribution in [0.15, 0.2) is 42.5 Å². The second kappa shape index (κ2) is 11.2. The first-order chi connectivity index (χ1) is 15.4. The Balaban J connectivity index is 1.55. The van der Waals surface area contributed by atoms with Gasteiger partial charge >= 0.3 is 0 Å². The molecule has 1 heterocycles. The number of likely N-dealkylation sites (N-methyl/N-ethyl adjacent to an activating group) is 1. The Morgan fingerprint density at radius 2 is 1.84 bits per heavy atom. The first kappa shape index (κ1) is 23.9. The molecule has 1 unspecified atom stereocenters. The number of rotatable bonds is 7. The maximum absolute atomic E-state index is 12.8. The predicted molar refractivity (Wildman–Crippen MR) is 124 cm³/mol. The van der Waals surface area contributed by atoms with Crippen LogP contribution < -0.4 is 15.4 Å². The van der Waals surface area contributed by atoms with Crippen molar-refractivity contribution in [2.45, 2.75) is 19.8 Å². The highest BCUT2D eigenvalue weighted by Crippen LogP contribution is 2.25. The number of ether oxygens (including phenoxy) is 1. The molecule has 0 radical (unpaired) electrons. The number of piperidine rings is 1. The van der Waals surface area contributed by atoms with E-state index >= 15 is 0 Å². The van der Waals surface area contributed by atoms with E-state index in [1.807, 2.05) is 6.92 Å². The predicted octanol–water partition coefficient (Wildman–Crippen LogP) is 4.00. The Hall–Kier alpha value is -2.77. The lowest BCUT2D eigenvalue weighted by Crippen LogP contribution is -2.43. The molecule has 3 rings (SSSR count). The Bertz CT molecular complexity index is 982. The number of likely N-dealkylation sites (tertiary alicyclic amines) is 1. The van der Waals surface area contributed by atoms with Gasteiger partial charge in [0.25, 0.3) is 11.8 Å². The van der Waals surface area contributed by atoms with Gasteiger partial charge in [-0.15, -0.1) is 0 Å². The lowest BCUT2D eigenvalue weighted by atomic mass is 9.96. The molecule has 170 valence electrons. The van der Waals surface area contributed by atoms with E-state index in [0.717, 1.165) is 6.42 Å². The van der Waals surface area contributed by atoms with Gasteiger partial charge in [-0.2, -0.15) is 0 Å². The van der Waals surface area contributed by atoms with E-state index in [-0.39, 0.29) is 30.2 Å². The topological polar surface area (TPSA) is 87.7 Å². The SMILES string of the molecule is CCNC(=O)COc1ccc(NC(=O)C2CCCN(C(=O)c3ccc(Cl)c(Cl)c3)C2)cc1. The number of nitrogens with one attached hydrogen (secondary N) is 2. The van der Waals surface area contributed by atoms with E-state index in [1.54, 1.807) is 47.4 Å². The molecule has 0 aliphatic carbocycles. The van der Waals surface area contributed by atoms with Gasteiger partial charge < -0.3 is 20.3 Å². The van der Waals surface area contributed by atoms with Crippen molar-refractivity contribution in [1.29, 1.82) is 0 Å². The normalized spacial score (nSPS) is 15.7. The highest BCUT2D eigenvalue weighted by Gasteiger charge is 2.29. The zero-order chi connectivity index (χ0) is 23.1. The minimum Gasteiger partial charge on any atom is -0.484 e. The lowest BCUT2D eigenvalue weighted by molar-refractivity contribution is -0.123. The van der Waals surface area contributed by atoms with E-state index in [9.17, 15) is 14.4 Å². The van der Waals surface area contributed by atoms with Crippen LogP contribution in [0.5, 0.6) is 5.75 Å². The Labute approximate surface area is 197 Å². The molecule has 1 aliphatic heterocycles. The van der Waals surface area contributed by atoms with Gasteiger partial charge in [0.1, 0.15) is 5.75 Å². The molecule has 7 nitrogen and oxygen atoms in total. The minimum absolute atomic E-state index is 0.0652. The Morgan fingerprint density at radius 3 is 2.53 bits per heavy atom. The summed E-state index contributed by atoms with van der Waals surface area (Å²) in [5.74, 6) is -0.293. The molecule has 2 aromatic carbocycles. The lowest BCUT2D eigenvalue weighted by Gasteiger charge is -2.32. The van der Waals surface area contributed by atoms with Crippen molar-refractivity contribution in [1.82, 2.24) is 10.2 Å². The van der Waals surface area contributed by atoms with E-state index < -0.39 is 0 Å². The van der Waals surface area contributed by atoms with Crippen LogP contribution in [0.25, 0.3) is 0 Å². The average molecular weight is 478 g/mol. The fourth-order valence-electron chi connectivity index (χ4n) is 3.46. The van der Waals surface area contributed by atoms with Gasteiger partial charge in [0.2, 0.25) is 5.91 Å². The summed E-state index contributed by atoms with van der Waals surface area (Å²) < 4.78 is 5.41. The molecule has 1 atom stereocenters. The summed E-state index contributed by atoms with van der Waals surface area (Å²) in [6.07, 6.45) is 1.43. The number of nitrogens with zero attached hydrogens (tertiary/aromatic N) is 1. The minimum atomic E-state index is -0.316. The molecular formula is C23H25Cl2N3O4. The van der Waals surface area contributed by atoms with Crippen molar-refractivity contribution in [2.75, 3.05) is 31.6 Å². The third kappa shape index (κ3) is 6.37. The fraction of sp³-hybridized carbons (Fsp3) is 0.348. The summed E-state index contributed by atoms with van der Waals surface area (Å²) in [6.45, 7) is 3.23. The van der Waals surface area contributed by atoms with Crippen LogP contribution in [0.2, 0.25) is 10.0 Å². The second-order valence-corrected chi connectivity index (χ2v) is 8.29. The maximum Gasteiger partial charge on any atom is 0.257 e. The van der Waals surface area contributed by atoms with E-state index in [0.29, 0.717) is 53.1 Å². The van der Waals surface area contributed by atoms with Gasteiger partial charge in [0.15, 0.2) is 6.61 Å². The molecule has 0 bridgehead atoms. The molecular weight excluding hydrogens is 453 g/mol. The van der Waals surface area contributed by atoms with Crippen molar-refractivity contribution >= 4 is 46.6 Å². The fourth-order valence-corrected chi connectivity index (χ4v) is 3.76.